The maximum atomic E-state index is 10.8. The number of aliphatic hydroxyl groups is 3. The molecule has 12 heteroatoms. The monoisotopic (exact) mass is 496 g/mol. The van der Waals surface area contributed by atoms with Crippen molar-refractivity contribution in [3.8, 4) is 0 Å². The molecule has 0 aromatic rings. The van der Waals surface area contributed by atoms with Crippen LogP contribution in [0, 0.1) is 10.8 Å². The zero-order valence-electron chi connectivity index (χ0n) is 20.8. The van der Waals surface area contributed by atoms with Crippen molar-refractivity contribution in [2.24, 2.45) is 10.8 Å². The van der Waals surface area contributed by atoms with E-state index in [2.05, 4.69) is 9.47 Å². The van der Waals surface area contributed by atoms with Crippen LogP contribution in [-0.2, 0) is 38.1 Å². The minimum Gasteiger partial charge on any atom is -0.465 e. The molecule has 1 saturated heterocycles. The van der Waals surface area contributed by atoms with Crippen LogP contribution in [0.4, 0.5) is 4.79 Å². The molecule has 0 saturated carbocycles. The molecule has 0 unspecified atom stereocenters. The molecular weight excluding hydrogens is 456 g/mol. The molecule has 12 nitrogen and oxygen atoms in total. The Hall–Kier alpha value is -2.44. The topological polar surface area (TPSA) is 175 Å². The highest BCUT2D eigenvalue weighted by Crippen LogP contribution is 2.24. The van der Waals surface area contributed by atoms with Gasteiger partial charge in [-0.1, -0.05) is 13.8 Å². The van der Waals surface area contributed by atoms with Gasteiger partial charge >= 0.3 is 24.1 Å². The van der Waals surface area contributed by atoms with Crippen LogP contribution >= 0.6 is 0 Å². The normalized spacial score (nSPS) is 13.0. The van der Waals surface area contributed by atoms with Crippen molar-refractivity contribution >= 4 is 24.1 Å². The van der Waals surface area contributed by atoms with Crippen LogP contribution in [0.2, 0.25) is 0 Å². The second-order valence-electron chi connectivity index (χ2n) is 7.82. The quantitative estimate of drug-likeness (QED) is 0.273. The van der Waals surface area contributed by atoms with E-state index in [0.717, 1.165) is 6.42 Å². The Balaban J connectivity index is 0. The predicted molar refractivity (Wildman–Crippen MR) is 119 cm³/mol. The number of aliphatic hydroxyl groups excluding tert-OH is 3. The summed E-state index contributed by atoms with van der Waals surface area (Å²) in [5.74, 6) is -1.30. The van der Waals surface area contributed by atoms with Crippen LogP contribution in [0.15, 0.2) is 0 Å². The number of esters is 3. The maximum Gasteiger partial charge on any atom is 0.508 e. The summed E-state index contributed by atoms with van der Waals surface area (Å²) in [5, 5.41) is 26.0. The smallest absolute Gasteiger partial charge is 0.465 e. The van der Waals surface area contributed by atoms with Crippen molar-refractivity contribution < 1.29 is 58.2 Å². The lowest BCUT2D eigenvalue weighted by molar-refractivity contribution is -0.159. The zero-order chi connectivity index (χ0) is 26.6. The molecule has 0 atom stereocenters. The standard InChI is InChI=1S/C12H20O6.C6H14O3.C4H6O3/c1-5-12(6-16-9(2)13,7-17-10(3)14)8-18-11(4)15;1-2-6(3-7,4-8)5-9;5-4-6-2-1-3-7-4/h5-8H2,1-4H3;7-9H,2-5H2,1H3;1-3H2. The van der Waals surface area contributed by atoms with E-state index in [9.17, 15) is 19.2 Å². The zero-order valence-corrected chi connectivity index (χ0v) is 20.8. The van der Waals surface area contributed by atoms with Crippen LogP contribution in [0.5, 0.6) is 0 Å². The molecule has 0 spiro atoms. The maximum absolute atomic E-state index is 10.8. The molecule has 1 fully saturated rings. The van der Waals surface area contributed by atoms with E-state index in [-0.39, 0.29) is 39.6 Å². The summed E-state index contributed by atoms with van der Waals surface area (Å²) in [4.78, 5) is 42.6. The molecule has 0 radical (unpaired) electrons. The van der Waals surface area contributed by atoms with Crippen LogP contribution < -0.4 is 0 Å². The third kappa shape index (κ3) is 16.2. The molecule has 0 bridgehead atoms. The van der Waals surface area contributed by atoms with Gasteiger partial charge in [0.1, 0.15) is 19.8 Å². The summed E-state index contributed by atoms with van der Waals surface area (Å²) < 4.78 is 23.7. The van der Waals surface area contributed by atoms with Crippen molar-refractivity contribution in [1.82, 2.24) is 0 Å². The highest BCUT2D eigenvalue weighted by atomic mass is 16.7. The summed E-state index contributed by atoms with van der Waals surface area (Å²) in [5.41, 5.74) is -1.36. The van der Waals surface area contributed by atoms with Crippen LogP contribution in [0.1, 0.15) is 53.9 Å². The first-order chi connectivity index (χ1) is 15.9. The Bertz CT molecular complexity index is 530. The van der Waals surface area contributed by atoms with E-state index in [4.69, 9.17) is 29.5 Å². The summed E-state index contributed by atoms with van der Waals surface area (Å²) in [6.07, 6.45) is 1.43. The van der Waals surface area contributed by atoms with Gasteiger partial charge in [-0.3, -0.25) is 14.4 Å². The second kappa shape index (κ2) is 18.9. The molecule has 0 amide bonds. The number of hydrogen-bond donors (Lipinski definition) is 3. The predicted octanol–water partition coefficient (Wildman–Crippen LogP) is 0.975. The van der Waals surface area contributed by atoms with E-state index in [1.807, 2.05) is 13.8 Å². The number of carbonyl (C=O) groups is 4. The highest BCUT2D eigenvalue weighted by molar-refractivity contribution is 5.67. The Kier molecular flexibility index (Phi) is 18.8. The first-order valence-electron chi connectivity index (χ1n) is 11.0. The Labute approximate surface area is 200 Å². The van der Waals surface area contributed by atoms with Crippen molar-refractivity contribution in [3.05, 3.63) is 0 Å². The average Bonchev–Trinajstić information content (AvgIpc) is 2.82. The van der Waals surface area contributed by atoms with E-state index in [1.54, 1.807) is 0 Å². The van der Waals surface area contributed by atoms with Gasteiger partial charge in [0.2, 0.25) is 0 Å². The Morgan fingerprint density at radius 1 is 0.735 bits per heavy atom. The molecule has 0 aromatic carbocycles. The molecule has 34 heavy (non-hydrogen) atoms. The molecule has 1 heterocycles. The molecular formula is C22H40O12. The van der Waals surface area contributed by atoms with Gasteiger partial charge in [-0.25, -0.2) is 4.79 Å². The van der Waals surface area contributed by atoms with Gasteiger partial charge < -0.3 is 39.0 Å². The number of rotatable bonds is 11. The number of hydrogen-bond acceptors (Lipinski definition) is 12. The third-order valence-electron chi connectivity index (χ3n) is 4.98. The molecule has 3 N–H and O–H groups in total. The van der Waals surface area contributed by atoms with Gasteiger partial charge in [-0.2, -0.15) is 0 Å². The molecule has 0 aliphatic carbocycles. The summed E-state index contributed by atoms with van der Waals surface area (Å²) in [6, 6.07) is 0. The number of carbonyl (C=O) groups excluding carboxylic acids is 4. The first-order valence-corrected chi connectivity index (χ1v) is 11.0. The molecule has 1 rings (SSSR count). The van der Waals surface area contributed by atoms with E-state index >= 15 is 0 Å². The van der Waals surface area contributed by atoms with Gasteiger partial charge in [0, 0.05) is 32.6 Å². The van der Waals surface area contributed by atoms with Gasteiger partial charge in [-0.15, -0.1) is 0 Å². The van der Waals surface area contributed by atoms with Gasteiger partial charge in [0.25, 0.3) is 0 Å². The largest absolute Gasteiger partial charge is 0.508 e. The van der Waals surface area contributed by atoms with E-state index in [1.165, 1.54) is 20.8 Å². The average molecular weight is 497 g/mol. The fourth-order valence-electron chi connectivity index (χ4n) is 2.09. The minimum atomic E-state index is -0.691. The van der Waals surface area contributed by atoms with E-state index < -0.39 is 34.9 Å². The first kappa shape index (κ1) is 33.7. The lowest BCUT2D eigenvalue weighted by atomic mass is 9.88. The Morgan fingerprint density at radius 2 is 1.06 bits per heavy atom. The van der Waals surface area contributed by atoms with Gasteiger partial charge in [0.15, 0.2) is 0 Å². The lowest BCUT2D eigenvalue weighted by Gasteiger charge is -2.30. The molecule has 1 aliphatic rings. The van der Waals surface area contributed by atoms with Crippen molar-refractivity contribution in [3.63, 3.8) is 0 Å². The van der Waals surface area contributed by atoms with Crippen molar-refractivity contribution in [2.45, 2.75) is 53.9 Å². The molecule has 0 aromatic heterocycles. The second-order valence-corrected chi connectivity index (χ2v) is 7.82. The summed E-state index contributed by atoms with van der Waals surface area (Å²) in [7, 11) is 0. The van der Waals surface area contributed by atoms with E-state index in [0.29, 0.717) is 26.1 Å². The van der Waals surface area contributed by atoms with Gasteiger partial charge in [0.05, 0.1) is 38.4 Å². The number of ether oxygens (including phenoxy) is 5. The fraction of sp³-hybridized carbons (Fsp3) is 0.818. The molecule has 200 valence electrons. The van der Waals surface area contributed by atoms with Crippen LogP contribution in [0.3, 0.4) is 0 Å². The van der Waals surface area contributed by atoms with Crippen molar-refractivity contribution in [2.75, 3.05) is 52.9 Å². The van der Waals surface area contributed by atoms with Gasteiger partial charge in [-0.05, 0) is 12.8 Å². The van der Waals surface area contributed by atoms with Crippen molar-refractivity contribution in [1.29, 1.82) is 0 Å². The minimum absolute atomic E-state index is 0.0411. The SMILES string of the molecule is CCC(CO)(CO)CO.CCC(COC(C)=O)(COC(C)=O)COC(C)=O.O=C1OCCCO1. The fourth-order valence-corrected chi connectivity index (χ4v) is 2.09. The molecule has 1 aliphatic heterocycles. The number of cyclic esters (lactones) is 2. The highest BCUT2D eigenvalue weighted by Gasteiger charge is 2.33. The summed E-state index contributed by atoms with van der Waals surface area (Å²) >= 11 is 0. The lowest BCUT2D eigenvalue weighted by Crippen LogP contribution is -2.38. The summed E-state index contributed by atoms with van der Waals surface area (Å²) in [6.45, 7) is 8.22. The Morgan fingerprint density at radius 3 is 1.21 bits per heavy atom. The van der Waals surface area contributed by atoms with Crippen LogP contribution in [-0.4, -0.2) is 92.2 Å². The van der Waals surface area contributed by atoms with Crippen LogP contribution in [0.25, 0.3) is 0 Å². The third-order valence-corrected chi connectivity index (χ3v) is 4.98.